The molecule has 0 saturated carbocycles. The number of benzene rings is 1. The summed E-state index contributed by atoms with van der Waals surface area (Å²) in [6.07, 6.45) is 2.50. The van der Waals surface area contributed by atoms with Crippen molar-refractivity contribution in [2.24, 2.45) is 0 Å². The van der Waals surface area contributed by atoms with Crippen molar-refractivity contribution in [2.75, 3.05) is 6.54 Å². The van der Waals surface area contributed by atoms with E-state index in [0.717, 1.165) is 11.8 Å². The zero-order chi connectivity index (χ0) is 18.6. The molecule has 0 atom stereocenters. The van der Waals surface area contributed by atoms with Crippen molar-refractivity contribution in [1.82, 2.24) is 20.3 Å². The fourth-order valence-corrected chi connectivity index (χ4v) is 2.86. The second kappa shape index (κ2) is 7.45. The second-order valence-corrected chi connectivity index (χ2v) is 6.10. The lowest BCUT2D eigenvalue weighted by Crippen LogP contribution is -2.32. The predicted molar refractivity (Wildman–Crippen MR) is 95.4 cm³/mol. The number of amides is 1. The Bertz CT molecular complexity index is 1040. The number of rotatable bonds is 7. The van der Waals surface area contributed by atoms with Crippen LogP contribution in [0.5, 0.6) is 0 Å². The molecule has 0 N–H and O–H groups in total. The summed E-state index contributed by atoms with van der Waals surface area (Å²) in [7, 11) is 0. The van der Waals surface area contributed by atoms with E-state index in [0.29, 0.717) is 35.4 Å². The number of hydrogen-bond donors (Lipinski definition) is 0. The fraction of sp³-hybridized carbons (Fsp3) is 0.263. The first-order chi connectivity index (χ1) is 13.2. The maximum absolute atomic E-state index is 12.8. The number of fused-ring (bicyclic) bond motifs is 1. The number of hydrogen-bond acceptors (Lipinski definition) is 7. The monoisotopic (exact) mass is 366 g/mol. The lowest BCUT2D eigenvalue weighted by molar-refractivity contribution is -0.131. The maximum atomic E-state index is 12.8. The predicted octanol–water partition coefficient (Wildman–Crippen LogP) is 3.45. The molecule has 3 heterocycles. The van der Waals surface area contributed by atoms with E-state index in [9.17, 15) is 4.79 Å². The summed E-state index contributed by atoms with van der Waals surface area (Å²) in [5.41, 5.74) is 1.29. The molecule has 4 rings (SSSR count). The minimum atomic E-state index is -0.0753. The van der Waals surface area contributed by atoms with Gasteiger partial charge in [-0.05, 0) is 30.7 Å². The molecular formula is C19H18N4O4. The number of nitrogens with zero attached hydrogens (tertiary/aromatic N) is 4. The van der Waals surface area contributed by atoms with Gasteiger partial charge in [-0.25, -0.2) is 0 Å². The molecule has 8 heteroatoms. The van der Waals surface area contributed by atoms with E-state index in [1.54, 1.807) is 17.0 Å². The molecule has 0 spiro atoms. The summed E-state index contributed by atoms with van der Waals surface area (Å²) in [6.45, 7) is 2.82. The van der Waals surface area contributed by atoms with E-state index < -0.39 is 0 Å². The summed E-state index contributed by atoms with van der Waals surface area (Å²) in [5, 5.41) is 12.9. The van der Waals surface area contributed by atoms with Crippen LogP contribution < -0.4 is 0 Å². The summed E-state index contributed by atoms with van der Waals surface area (Å²) in [6, 6.07) is 11.0. The molecule has 0 bridgehead atoms. The normalized spacial score (nSPS) is 11.1. The van der Waals surface area contributed by atoms with Gasteiger partial charge in [-0.2, -0.15) is 0 Å². The minimum absolute atomic E-state index is 0.0753. The Labute approximate surface area is 154 Å². The van der Waals surface area contributed by atoms with E-state index in [1.807, 2.05) is 31.2 Å². The van der Waals surface area contributed by atoms with Crippen LogP contribution in [0.2, 0.25) is 0 Å². The summed E-state index contributed by atoms with van der Waals surface area (Å²) in [5.74, 6) is 1.07. The van der Waals surface area contributed by atoms with Crippen LogP contribution >= 0.6 is 0 Å². The molecule has 0 aliphatic rings. The third kappa shape index (κ3) is 3.59. The average Bonchev–Trinajstić information content (AvgIpc) is 3.42. The van der Waals surface area contributed by atoms with Crippen molar-refractivity contribution < 1.29 is 18.2 Å². The van der Waals surface area contributed by atoms with E-state index in [2.05, 4.69) is 15.4 Å². The average molecular weight is 366 g/mol. The first kappa shape index (κ1) is 17.0. The molecule has 1 amide bonds. The van der Waals surface area contributed by atoms with Gasteiger partial charge in [0.2, 0.25) is 11.8 Å². The quantitative estimate of drug-likeness (QED) is 0.494. The highest BCUT2D eigenvalue weighted by atomic mass is 16.5. The Morgan fingerprint density at radius 3 is 2.85 bits per heavy atom. The topological polar surface area (TPSA) is 98.4 Å². The first-order valence-electron chi connectivity index (χ1n) is 8.72. The molecule has 138 valence electrons. The van der Waals surface area contributed by atoms with E-state index in [4.69, 9.17) is 13.4 Å². The standard InChI is InChI=1S/C19H18N4O4/c1-2-9-23(12-17-20-21-19(26-17)16-8-5-10-25-16)18(24)11-14-13-6-3-4-7-15(13)27-22-14/h3-8,10H,2,9,11-12H2,1H3. The van der Waals surface area contributed by atoms with Crippen LogP contribution in [-0.2, 0) is 17.8 Å². The zero-order valence-corrected chi connectivity index (χ0v) is 14.8. The molecule has 0 saturated heterocycles. The van der Waals surface area contributed by atoms with Crippen LogP contribution in [0.25, 0.3) is 22.6 Å². The number of aromatic nitrogens is 3. The largest absolute Gasteiger partial charge is 0.459 e. The Morgan fingerprint density at radius 2 is 2.04 bits per heavy atom. The first-order valence-corrected chi connectivity index (χ1v) is 8.72. The Hall–Kier alpha value is -3.42. The van der Waals surface area contributed by atoms with Gasteiger partial charge in [-0.15, -0.1) is 10.2 Å². The third-order valence-electron chi connectivity index (χ3n) is 4.14. The zero-order valence-electron chi connectivity index (χ0n) is 14.8. The van der Waals surface area contributed by atoms with Crippen LogP contribution in [0, 0.1) is 0 Å². The molecule has 0 aliphatic heterocycles. The van der Waals surface area contributed by atoms with E-state index in [-0.39, 0.29) is 18.9 Å². The van der Waals surface area contributed by atoms with Gasteiger partial charge >= 0.3 is 0 Å². The molecule has 0 fully saturated rings. The maximum Gasteiger partial charge on any atom is 0.283 e. The summed E-state index contributed by atoms with van der Waals surface area (Å²) >= 11 is 0. The van der Waals surface area contributed by atoms with Crippen molar-refractivity contribution in [3.05, 3.63) is 54.2 Å². The summed E-state index contributed by atoms with van der Waals surface area (Å²) in [4.78, 5) is 14.5. The molecular weight excluding hydrogens is 348 g/mol. The molecule has 0 unspecified atom stereocenters. The van der Waals surface area contributed by atoms with Crippen LogP contribution in [0.15, 0.2) is 56.0 Å². The van der Waals surface area contributed by atoms with Gasteiger partial charge in [-0.3, -0.25) is 4.79 Å². The fourth-order valence-electron chi connectivity index (χ4n) is 2.86. The van der Waals surface area contributed by atoms with Gasteiger partial charge in [0.15, 0.2) is 11.3 Å². The van der Waals surface area contributed by atoms with Gasteiger partial charge in [-0.1, -0.05) is 24.2 Å². The highest BCUT2D eigenvalue weighted by Gasteiger charge is 2.20. The Balaban J connectivity index is 1.49. The molecule has 8 nitrogen and oxygen atoms in total. The minimum Gasteiger partial charge on any atom is -0.459 e. The lowest BCUT2D eigenvalue weighted by Gasteiger charge is -2.19. The Morgan fingerprint density at radius 1 is 1.15 bits per heavy atom. The molecule has 1 aromatic carbocycles. The van der Waals surface area contributed by atoms with Gasteiger partial charge in [0, 0.05) is 11.9 Å². The second-order valence-electron chi connectivity index (χ2n) is 6.10. The van der Waals surface area contributed by atoms with Crippen molar-refractivity contribution in [3.63, 3.8) is 0 Å². The smallest absolute Gasteiger partial charge is 0.283 e. The van der Waals surface area contributed by atoms with Gasteiger partial charge in [0.05, 0.1) is 19.2 Å². The van der Waals surface area contributed by atoms with Crippen LogP contribution in [-0.4, -0.2) is 32.7 Å². The third-order valence-corrected chi connectivity index (χ3v) is 4.14. The van der Waals surface area contributed by atoms with E-state index in [1.165, 1.54) is 6.26 Å². The van der Waals surface area contributed by atoms with Gasteiger partial charge in [0.25, 0.3) is 5.89 Å². The highest BCUT2D eigenvalue weighted by Crippen LogP contribution is 2.21. The SMILES string of the molecule is CCCN(Cc1nnc(-c2ccco2)o1)C(=O)Cc1noc2ccccc12. The molecule has 0 aliphatic carbocycles. The molecule has 3 aromatic heterocycles. The van der Waals surface area contributed by atoms with Crippen LogP contribution in [0.3, 0.4) is 0 Å². The van der Waals surface area contributed by atoms with Crippen molar-refractivity contribution in [1.29, 1.82) is 0 Å². The number of furan rings is 1. The van der Waals surface area contributed by atoms with Crippen molar-refractivity contribution in [3.8, 4) is 11.7 Å². The number of carbonyl (C=O) groups excluding carboxylic acids is 1. The van der Waals surface area contributed by atoms with Crippen molar-refractivity contribution in [2.45, 2.75) is 26.3 Å². The molecule has 0 radical (unpaired) electrons. The van der Waals surface area contributed by atoms with Gasteiger partial charge < -0.3 is 18.3 Å². The van der Waals surface area contributed by atoms with Gasteiger partial charge in [0.1, 0.15) is 5.69 Å². The lowest BCUT2D eigenvalue weighted by atomic mass is 10.1. The van der Waals surface area contributed by atoms with Crippen LogP contribution in [0.4, 0.5) is 0 Å². The summed E-state index contributed by atoms with van der Waals surface area (Å²) < 4.78 is 16.1. The number of carbonyl (C=O) groups is 1. The van der Waals surface area contributed by atoms with E-state index >= 15 is 0 Å². The molecule has 27 heavy (non-hydrogen) atoms. The molecule has 4 aromatic rings. The number of para-hydroxylation sites is 1. The Kier molecular flexibility index (Phi) is 4.69. The highest BCUT2D eigenvalue weighted by molar-refractivity contribution is 5.86. The van der Waals surface area contributed by atoms with Crippen molar-refractivity contribution >= 4 is 16.9 Å². The van der Waals surface area contributed by atoms with Crippen LogP contribution in [0.1, 0.15) is 24.9 Å².